The molecule has 0 aromatic rings. The van der Waals surface area contributed by atoms with Gasteiger partial charge in [0.25, 0.3) is 0 Å². The number of epoxide rings is 1. The number of amides is 1. The molecule has 0 aliphatic carbocycles. The second-order valence-corrected chi connectivity index (χ2v) is 12.6. The average Bonchev–Trinajstić information content (AvgIpc) is 3.72. The van der Waals surface area contributed by atoms with Crippen molar-refractivity contribution in [1.29, 1.82) is 0 Å². The highest BCUT2D eigenvalue weighted by atomic mass is 16.6. The van der Waals surface area contributed by atoms with Crippen LogP contribution in [0.4, 0.5) is 4.79 Å². The molecule has 2 aliphatic rings. The van der Waals surface area contributed by atoms with Gasteiger partial charge in [-0.05, 0) is 57.1 Å². The van der Waals surface area contributed by atoms with Crippen LogP contribution in [-0.2, 0) is 38.1 Å². The van der Waals surface area contributed by atoms with Crippen molar-refractivity contribution in [3.63, 3.8) is 0 Å². The Kier molecular flexibility index (Phi) is 14.8. The van der Waals surface area contributed by atoms with E-state index in [0.717, 1.165) is 12.0 Å². The Bertz CT molecular complexity index is 1110. The van der Waals surface area contributed by atoms with Crippen LogP contribution in [-0.4, -0.2) is 71.3 Å². The summed E-state index contributed by atoms with van der Waals surface area (Å²) in [6.45, 7) is 14.3. The third-order valence-electron chi connectivity index (χ3n) is 8.43. The first kappa shape index (κ1) is 38.0. The van der Waals surface area contributed by atoms with Crippen molar-refractivity contribution < 1.29 is 48.0 Å². The van der Waals surface area contributed by atoms with E-state index in [2.05, 4.69) is 13.0 Å². The minimum atomic E-state index is -1.46. The molecule has 3 N–H and O–H groups in total. The Morgan fingerprint density at radius 3 is 2.47 bits per heavy atom. The summed E-state index contributed by atoms with van der Waals surface area (Å²) < 4.78 is 28.0. The van der Waals surface area contributed by atoms with Crippen molar-refractivity contribution in [3.8, 4) is 0 Å². The fraction of sp³-hybridized carbons (Fsp3) is 0.706. The largest absolute Gasteiger partial charge is 0.462 e. The average molecular weight is 636 g/mol. The van der Waals surface area contributed by atoms with Gasteiger partial charge >= 0.3 is 24.0 Å². The van der Waals surface area contributed by atoms with Gasteiger partial charge in [0.1, 0.15) is 30.0 Å². The summed E-state index contributed by atoms with van der Waals surface area (Å²) in [5.41, 5.74) is 4.52. The lowest BCUT2D eigenvalue weighted by atomic mass is 9.88. The van der Waals surface area contributed by atoms with Crippen molar-refractivity contribution in [2.24, 2.45) is 23.5 Å². The molecule has 0 aromatic heterocycles. The molecule has 2 rings (SSSR count). The molecule has 0 bridgehead atoms. The molecular formula is C34H53NO10. The van der Waals surface area contributed by atoms with E-state index in [0.29, 0.717) is 6.42 Å². The van der Waals surface area contributed by atoms with Gasteiger partial charge in [0.05, 0.1) is 18.6 Å². The summed E-state index contributed by atoms with van der Waals surface area (Å²) >= 11 is 0. The first-order valence-corrected chi connectivity index (χ1v) is 16.0. The Morgan fingerprint density at radius 1 is 1.18 bits per heavy atom. The third-order valence-corrected chi connectivity index (χ3v) is 8.43. The molecule has 1 saturated heterocycles. The lowest BCUT2D eigenvalue weighted by molar-refractivity contribution is -0.161. The fourth-order valence-corrected chi connectivity index (χ4v) is 5.66. The molecule has 2 heterocycles. The van der Waals surface area contributed by atoms with Crippen molar-refractivity contribution in [3.05, 3.63) is 36.0 Å². The summed E-state index contributed by atoms with van der Waals surface area (Å²) in [6, 6.07) is 0. The highest BCUT2D eigenvalue weighted by molar-refractivity contribution is 5.72. The van der Waals surface area contributed by atoms with Crippen LogP contribution in [0.5, 0.6) is 0 Å². The Labute approximate surface area is 267 Å². The smallest absolute Gasteiger partial charge is 0.404 e. The number of esters is 3. The quantitative estimate of drug-likeness (QED) is 0.0971. The van der Waals surface area contributed by atoms with E-state index < -0.39 is 47.9 Å². The molecule has 11 heteroatoms. The zero-order valence-electron chi connectivity index (χ0n) is 28.0. The standard InChI is InChI=1S/C34H53NO10/c1-9-26(44-33(35)39)23(6)32-27(43-32)18-20(3)12-11-13-21(4)31-22(5)14-15-28(41-24(7)36)34(8,40)17-16-25(19-30(38)45-31)42-29(37)10-2/h11-15,20,22-23,25-28,31-32,40H,9-10,16-19H2,1-8H3,(H2,35,39). The van der Waals surface area contributed by atoms with E-state index >= 15 is 0 Å². The molecular weight excluding hydrogens is 582 g/mol. The van der Waals surface area contributed by atoms with Crippen LogP contribution in [0, 0.1) is 17.8 Å². The molecule has 10 unspecified atom stereocenters. The predicted octanol–water partition coefficient (Wildman–Crippen LogP) is 5.09. The second kappa shape index (κ2) is 17.5. The van der Waals surface area contributed by atoms with E-state index in [-0.39, 0.29) is 61.7 Å². The van der Waals surface area contributed by atoms with Crippen molar-refractivity contribution in [1.82, 2.24) is 0 Å². The maximum atomic E-state index is 13.1. The zero-order chi connectivity index (χ0) is 33.9. The van der Waals surface area contributed by atoms with E-state index in [9.17, 15) is 24.3 Å². The third kappa shape index (κ3) is 12.6. The van der Waals surface area contributed by atoms with Gasteiger partial charge in [0.15, 0.2) is 0 Å². The lowest BCUT2D eigenvalue weighted by Gasteiger charge is -2.33. The zero-order valence-corrected chi connectivity index (χ0v) is 28.0. The van der Waals surface area contributed by atoms with Crippen LogP contribution >= 0.6 is 0 Å². The Balaban J connectivity index is 2.19. The molecule has 2 aliphatic heterocycles. The highest BCUT2D eigenvalue weighted by Gasteiger charge is 2.46. The van der Waals surface area contributed by atoms with E-state index in [4.69, 9.17) is 29.4 Å². The SMILES string of the molecule is CCC(=O)OC1CCC(C)(O)C(OC(C)=O)C=CC(C)C(C(C)=CC=CC(C)CC2OC2C(C)C(CC)OC(N)=O)OC(=O)C1. The number of carbonyl (C=O) groups is 4. The Hall–Kier alpha value is -3.18. The maximum Gasteiger partial charge on any atom is 0.404 e. The number of nitrogens with two attached hydrogens (primary N) is 1. The van der Waals surface area contributed by atoms with Gasteiger partial charge in [-0.1, -0.05) is 58.9 Å². The molecule has 1 amide bonds. The number of hydrogen-bond donors (Lipinski definition) is 2. The number of hydrogen-bond acceptors (Lipinski definition) is 10. The van der Waals surface area contributed by atoms with Crippen LogP contribution in [0.2, 0.25) is 0 Å². The lowest BCUT2D eigenvalue weighted by Crippen LogP contribution is -2.42. The number of cyclic esters (lactones) is 1. The van der Waals surface area contributed by atoms with Crippen LogP contribution in [0.25, 0.3) is 0 Å². The number of allylic oxidation sites excluding steroid dienone is 3. The van der Waals surface area contributed by atoms with Gasteiger partial charge in [-0.3, -0.25) is 14.4 Å². The molecule has 10 atom stereocenters. The minimum absolute atomic E-state index is 0.00251. The molecule has 0 aromatic carbocycles. The first-order chi connectivity index (χ1) is 21.1. The van der Waals surface area contributed by atoms with Crippen molar-refractivity contribution >= 4 is 24.0 Å². The normalized spacial score (nSPS) is 31.5. The maximum absolute atomic E-state index is 13.1. The molecule has 1 fully saturated rings. The molecule has 45 heavy (non-hydrogen) atoms. The molecule has 0 saturated carbocycles. The monoisotopic (exact) mass is 635 g/mol. The van der Waals surface area contributed by atoms with Crippen LogP contribution in [0.3, 0.4) is 0 Å². The summed E-state index contributed by atoms with van der Waals surface area (Å²) in [6.07, 6.45) is 7.56. The van der Waals surface area contributed by atoms with Crippen LogP contribution in [0.1, 0.15) is 93.9 Å². The number of rotatable bonds is 12. The number of carbonyl (C=O) groups excluding carboxylic acids is 4. The van der Waals surface area contributed by atoms with Crippen molar-refractivity contribution in [2.75, 3.05) is 0 Å². The molecule has 0 spiro atoms. The van der Waals surface area contributed by atoms with Gasteiger partial charge in [0.2, 0.25) is 0 Å². The highest BCUT2D eigenvalue weighted by Crippen LogP contribution is 2.37. The van der Waals surface area contributed by atoms with E-state index in [1.54, 1.807) is 26.0 Å². The van der Waals surface area contributed by atoms with E-state index in [1.165, 1.54) is 6.92 Å². The Morgan fingerprint density at radius 2 is 1.87 bits per heavy atom. The fourth-order valence-electron chi connectivity index (χ4n) is 5.66. The number of aliphatic hydroxyl groups is 1. The summed E-state index contributed by atoms with van der Waals surface area (Å²) in [5, 5.41) is 11.2. The first-order valence-electron chi connectivity index (χ1n) is 16.0. The van der Waals surface area contributed by atoms with E-state index in [1.807, 2.05) is 39.8 Å². The summed E-state index contributed by atoms with van der Waals surface area (Å²) in [7, 11) is 0. The number of primary amides is 1. The second-order valence-electron chi connectivity index (χ2n) is 12.6. The molecule has 254 valence electrons. The summed E-state index contributed by atoms with van der Waals surface area (Å²) in [4.78, 5) is 48.2. The summed E-state index contributed by atoms with van der Waals surface area (Å²) in [5.74, 6) is -1.64. The van der Waals surface area contributed by atoms with Crippen LogP contribution < -0.4 is 5.73 Å². The predicted molar refractivity (Wildman–Crippen MR) is 168 cm³/mol. The number of ether oxygens (including phenoxy) is 5. The van der Waals surface area contributed by atoms with Gasteiger partial charge in [0, 0.05) is 25.2 Å². The van der Waals surface area contributed by atoms with Gasteiger partial charge < -0.3 is 34.5 Å². The van der Waals surface area contributed by atoms with Crippen molar-refractivity contribution in [2.45, 2.75) is 136 Å². The van der Waals surface area contributed by atoms with Gasteiger partial charge in [-0.2, -0.15) is 0 Å². The van der Waals surface area contributed by atoms with Gasteiger partial charge in [-0.15, -0.1) is 0 Å². The topological polar surface area (TPSA) is 164 Å². The van der Waals surface area contributed by atoms with Gasteiger partial charge in [-0.25, -0.2) is 4.79 Å². The molecule has 11 nitrogen and oxygen atoms in total. The molecule has 0 radical (unpaired) electrons. The minimum Gasteiger partial charge on any atom is -0.462 e. The van der Waals surface area contributed by atoms with Crippen LogP contribution in [0.15, 0.2) is 36.0 Å².